The zero-order chi connectivity index (χ0) is 11.6. The summed E-state index contributed by atoms with van der Waals surface area (Å²) in [6.07, 6.45) is 2.27. The first-order valence-electron chi connectivity index (χ1n) is 6.26. The Hall–Kier alpha value is -0.370. The Morgan fingerprint density at radius 2 is 1.93 bits per heavy atom. The van der Waals surface area contributed by atoms with E-state index < -0.39 is 0 Å². The maximum atomic E-state index is 12.1. The Morgan fingerprint density at radius 3 is 2.33 bits per heavy atom. The van der Waals surface area contributed by atoms with Crippen molar-refractivity contribution in [2.75, 3.05) is 6.54 Å². The Labute approximate surface area is 94.0 Å². The van der Waals surface area contributed by atoms with Gasteiger partial charge in [0.25, 0.3) is 0 Å². The molecule has 1 aliphatic rings. The molecule has 0 aromatic carbocycles. The van der Waals surface area contributed by atoms with Crippen LogP contribution in [-0.2, 0) is 4.79 Å². The van der Waals surface area contributed by atoms with Crippen molar-refractivity contribution in [3.05, 3.63) is 0 Å². The van der Waals surface area contributed by atoms with Gasteiger partial charge in [0.15, 0.2) is 5.78 Å². The van der Waals surface area contributed by atoms with Crippen LogP contribution in [0.2, 0.25) is 0 Å². The molecule has 1 aliphatic heterocycles. The molecule has 88 valence electrons. The van der Waals surface area contributed by atoms with Crippen molar-refractivity contribution in [2.45, 2.75) is 59.5 Å². The zero-order valence-corrected chi connectivity index (χ0v) is 10.8. The number of hydrogen-bond donors (Lipinski definition) is 0. The van der Waals surface area contributed by atoms with Crippen LogP contribution in [0.1, 0.15) is 47.5 Å². The highest BCUT2D eigenvalue weighted by molar-refractivity contribution is 5.86. The van der Waals surface area contributed by atoms with E-state index in [1.165, 1.54) is 6.42 Å². The minimum Gasteiger partial charge on any atom is -0.298 e. The van der Waals surface area contributed by atoms with Gasteiger partial charge < -0.3 is 0 Å². The minimum atomic E-state index is 0.173. The van der Waals surface area contributed by atoms with Crippen molar-refractivity contribution < 1.29 is 4.79 Å². The highest BCUT2D eigenvalue weighted by Gasteiger charge is 2.37. The first-order valence-corrected chi connectivity index (χ1v) is 6.26. The lowest BCUT2D eigenvalue weighted by molar-refractivity contribution is -0.126. The molecule has 1 rings (SSSR count). The second-order valence-corrected chi connectivity index (χ2v) is 5.37. The molecule has 2 heteroatoms. The van der Waals surface area contributed by atoms with Gasteiger partial charge in [-0.1, -0.05) is 27.2 Å². The van der Waals surface area contributed by atoms with Crippen LogP contribution in [0.15, 0.2) is 0 Å². The van der Waals surface area contributed by atoms with Crippen LogP contribution in [0.3, 0.4) is 0 Å². The van der Waals surface area contributed by atoms with Crippen LogP contribution in [-0.4, -0.2) is 29.3 Å². The molecule has 1 fully saturated rings. The normalized spacial score (nSPS) is 27.9. The summed E-state index contributed by atoms with van der Waals surface area (Å²) in [5, 5.41) is 0. The summed E-state index contributed by atoms with van der Waals surface area (Å²) in [7, 11) is 0. The number of rotatable bonds is 4. The molecule has 0 aliphatic carbocycles. The molecule has 2 nitrogen and oxygen atoms in total. The standard InChI is InChI=1S/C13H25NO/c1-6-11-7-12(13(15)9(2)3)14(8-11)10(4)5/h9-12H,6-8H2,1-5H3. The third-order valence-corrected chi connectivity index (χ3v) is 3.56. The van der Waals surface area contributed by atoms with Gasteiger partial charge in [-0.15, -0.1) is 0 Å². The molecule has 2 atom stereocenters. The highest BCUT2D eigenvalue weighted by atomic mass is 16.1. The number of carbonyl (C=O) groups is 1. The van der Waals surface area contributed by atoms with E-state index >= 15 is 0 Å². The van der Waals surface area contributed by atoms with Crippen LogP contribution in [0.5, 0.6) is 0 Å². The first kappa shape index (κ1) is 12.7. The van der Waals surface area contributed by atoms with Gasteiger partial charge in [-0.25, -0.2) is 0 Å². The molecule has 0 radical (unpaired) electrons. The highest BCUT2D eigenvalue weighted by Crippen LogP contribution is 2.29. The Kier molecular flexibility index (Phi) is 4.32. The van der Waals surface area contributed by atoms with Gasteiger partial charge in [0.2, 0.25) is 0 Å². The summed E-state index contributed by atoms with van der Waals surface area (Å²) >= 11 is 0. The molecule has 1 heterocycles. The molecule has 2 unspecified atom stereocenters. The van der Waals surface area contributed by atoms with E-state index in [0.717, 1.165) is 18.9 Å². The SMILES string of the molecule is CCC1CC(C(=O)C(C)C)N(C(C)C)C1. The monoisotopic (exact) mass is 211 g/mol. The number of hydrogen-bond acceptors (Lipinski definition) is 2. The molecule has 0 N–H and O–H groups in total. The summed E-state index contributed by atoms with van der Waals surface area (Å²) in [4.78, 5) is 14.5. The lowest BCUT2D eigenvalue weighted by Crippen LogP contribution is -2.42. The third-order valence-electron chi connectivity index (χ3n) is 3.56. The predicted molar refractivity (Wildman–Crippen MR) is 63.9 cm³/mol. The van der Waals surface area contributed by atoms with Crippen molar-refractivity contribution in [1.29, 1.82) is 0 Å². The molecule has 15 heavy (non-hydrogen) atoms. The summed E-state index contributed by atoms with van der Waals surface area (Å²) in [6, 6.07) is 0.684. The number of carbonyl (C=O) groups excluding carboxylic acids is 1. The molecule has 0 aromatic rings. The van der Waals surface area contributed by atoms with Crippen LogP contribution in [0, 0.1) is 11.8 Å². The van der Waals surface area contributed by atoms with Crippen LogP contribution < -0.4 is 0 Å². The van der Waals surface area contributed by atoms with Crippen molar-refractivity contribution >= 4 is 5.78 Å². The molecular weight excluding hydrogens is 186 g/mol. The Balaban J connectivity index is 2.72. The van der Waals surface area contributed by atoms with Crippen LogP contribution in [0.25, 0.3) is 0 Å². The molecule has 0 aromatic heterocycles. The fourth-order valence-corrected chi connectivity index (χ4v) is 2.48. The van der Waals surface area contributed by atoms with E-state index in [9.17, 15) is 4.79 Å². The summed E-state index contributed by atoms with van der Waals surface area (Å²) in [5.74, 6) is 1.33. The van der Waals surface area contributed by atoms with Gasteiger partial charge in [0, 0.05) is 18.5 Å². The van der Waals surface area contributed by atoms with Crippen LogP contribution in [0.4, 0.5) is 0 Å². The fraction of sp³-hybridized carbons (Fsp3) is 0.923. The van der Waals surface area contributed by atoms with Gasteiger partial charge in [0.05, 0.1) is 6.04 Å². The summed E-state index contributed by atoms with van der Waals surface area (Å²) in [5.41, 5.74) is 0. The van der Waals surface area contributed by atoms with E-state index in [2.05, 4.69) is 25.7 Å². The number of Topliss-reactive ketones (excluding diaryl/α,β-unsaturated/α-hetero) is 1. The average Bonchev–Trinajstić information content (AvgIpc) is 2.60. The Morgan fingerprint density at radius 1 is 1.33 bits per heavy atom. The van der Waals surface area contributed by atoms with Gasteiger partial charge in [-0.3, -0.25) is 9.69 Å². The number of likely N-dealkylation sites (tertiary alicyclic amines) is 1. The van der Waals surface area contributed by atoms with Gasteiger partial charge in [0.1, 0.15) is 0 Å². The summed E-state index contributed by atoms with van der Waals surface area (Å²) < 4.78 is 0. The number of ketones is 1. The van der Waals surface area contributed by atoms with E-state index in [1.54, 1.807) is 0 Å². The average molecular weight is 211 g/mol. The summed E-state index contributed by atoms with van der Waals surface area (Å²) in [6.45, 7) is 11.8. The zero-order valence-electron chi connectivity index (χ0n) is 10.8. The lowest BCUT2D eigenvalue weighted by atomic mass is 9.95. The molecular formula is C13H25NO. The second kappa shape index (κ2) is 5.11. The number of nitrogens with zero attached hydrogens (tertiary/aromatic N) is 1. The molecule has 0 amide bonds. The minimum absolute atomic E-state index is 0.173. The van der Waals surface area contributed by atoms with Crippen molar-refractivity contribution in [3.8, 4) is 0 Å². The van der Waals surface area contributed by atoms with Gasteiger partial charge in [-0.2, -0.15) is 0 Å². The fourth-order valence-electron chi connectivity index (χ4n) is 2.48. The van der Waals surface area contributed by atoms with Crippen LogP contribution >= 0.6 is 0 Å². The van der Waals surface area contributed by atoms with Crippen molar-refractivity contribution in [3.63, 3.8) is 0 Å². The van der Waals surface area contributed by atoms with E-state index in [-0.39, 0.29) is 12.0 Å². The van der Waals surface area contributed by atoms with Crippen molar-refractivity contribution in [2.24, 2.45) is 11.8 Å². The maximum absolute atomic E-state index is 12.1. The quantitative estimate of drug-likeness (QED) is 0.712. The smallest absolute Gasteiger partial charge is 0.152 e. The van der Waals surface area contributed by atoms with Gasteiger partial charge >= 0.3 is 0 Å². The van der Waals surface area contributed by atoms with Crippen molar-refractivity contribution in [1.82, 2.24) is 4.90 Å². The second-order valence-electron chi connectivity index (χ2n) is 5.37. The topological polar surface area (TPSA) is 20.3 Å². The first-order chi connectivity index (χ1) is 6.97. The lowest BCUT2D eigenvalue weighted by Gasteiger charge is -2.28. The van der Waals surface area contributed by atoms with E-state index in [4.69, 9.17) is 0 Å². The van der Waals surface area contributed by atoms with E-state index in [1.807, 2.05) is 13.8 Å². The molecule has 0 spiro atoms. The van der Waals surface area contributed by atoms with Gasteiger partial charge in [-0.05, 0) is 26.2 Å². The molecule has 1 saturated heterocycles. The maximum Gasteiger partial charge on any atom is 0.152 e. The molecule has 0 saturated carbocycles. The predicted octanol–water partition coefficient (Wildman–Crippen LogP) is 2.72. The third kappa shape index (κ3) is 2.81. The van der Waals surface area contributed by atoms with E-state index in [0.29, 0.717) is 11.8 Å². The molecule has 0 bridgehead atoms. The Bertz CT molecular complexity index is 223. The largest absolute Gasteiger partial charge is 0.298 e.